The molecule has 35 heavy (non-hydrogen) atoms. The van der Waals surface area contributed by atoms with Gasteiger partial charge in [0.1, 0.15) is 10.8 Å². The molecule has 3 N–H and O–H groups in total. The third kappa shape index (κ3) is 5.31. The van der Waals surface area contributed by atoms with Gasteiger partial charge in [0.15, 0.2) is 0 Å². The van der Waals surface area contributed by atoms with Crippen molar-refractivity contribution in [1.82, 2.24) is 19.8 Å². The van der Waals surface area contributed by atoms with E-state index in [1.165, 1.54) is 6.20 Å². The van der Waals surface area contributed by atoms with E-state index < -0.39 is 11.8 Å². The molecule has 1 aliphatic rings. The van der Waals surface area contributed by atoms with E-state index in [2.05, 4.69) is 47.2 Å². The zero-order valence-electron chi connectivity index (χ0n) is 21.0. The lowest BCUT2D eigenvalue weighted by molar-refractivity contribution is -0.146. The number of aromatic nitrogens is 2. The van der Waals surface area contributed by atoms with Crippen molar-refractivity contribution in [3.05, 3.63) is 46.6 Å². The van der Waals surface area contributed by atoms with Gasteiger partial charge in [0.2, 0.25) is 0 Å². The molecule has 2 aromatic heterocycles. The Morgan fingerprint density at radius 3 is 2.77 bits per heavy atom. The van der Waals surface area contributed by atoms with E-state index in [0.717, 1.165) is 39.2 Å². The van der Waals surface area contributed by atoms with Gasteiger partial charge >= 0.3 is 11.8 Å². The molecule has 0 radical (unpaired) electrons. The third-order valence-corrected chi connectivity index (χ3v) is 8.06. The molecule has 0 saturated carbocycles. The second-order valence-corrected chi connectivity index (χ2v) is 10.7. The minimum Gasteiger partial charge on any atom is -0.383 e. The number of hydrogen-bond acceptors (Lipinski definition) is 7. The second kappa shape index (κ2) is 10.3. The highest BCUT2D eigenvalue weighted by molar-refractivity contribution is 7.18. The lowest BCUT2D eigenvalue weighted by Crippen LogP contribution is -2.46. The highest BCUT2D eigenvalue weighted by Crippen LogP contribution is 2.36. The van der Waals surface area contributed by atoms with Crippen molar-refractivity contribution in [2.24, 2.45) is 5.92 Å². The van der Waals surface area contributed by atoms with Crippen LogP contribution in [0.3, 0.4) is 0 Å². The summed E-state index contributed by atoms with van der Waals surface area (Å²) in [6, 6.07) is 8.06. The first-order chi connectivity index (χ1) is 16.7. The van der Waals surface area contributed by atoms with Crippen LogP contribution in [0.1, 0.15) is 61.8 Å². The largest absolute Gasteiger partial charge is 0.383 e. The molecule has 0 spiro atoms. The van der Waals surface area contributed by atoms with Crippen molar-refractivity contribution in [3.8, 4) is 0 Å². The van der Waals surface area contributed by atoms with Gasteiger partial charge in [-0.25, -0.2) is 9.97 Å². The number of anilines is 2. The third-order valence-electron chi connectivity index (χ3n) is 6.86. The first-order valence-corrected chi connectivity index (χ1v) is 12.9. The summed E-state index contributed by atoms with van der Waals surface area (Å²) >= 11 is 1.69. The van der Waals surface area contributed by atoms with Crippen LogP contribution in [0, 0.1) is 5.92 Å². The van der Waals surface area contributed by atoms with Gasteiger partial charge in [0, 0.05) is 6.54 Å². The predicted octanol–water partition coefficient (Wildman–Crippen LogP) is 4.40. The molecule has 9 heteroatoms. The standard InChI is InChI=1S/C26H34N6O2S/c1-6-17-11-19(13-28-23(17)27)29-24(33)26(34)32-14-15(2)7-9-21(32)18-8-10-22-20(12-18)30-25(35-22)16(3)31(4)5/h8,10-13,15-16,21H,6-7,9,14H2,1-5H3,(H2,27,28)(H,29,33)/t15-,16?,21+/m0/s1. The summed E-state index contributed by atoms with van der Waals surface area (Å²) < 4.78 is 1.12. The maximum absolute atomic E-state index is 13.3. The average molecular weight is 495 g/mol. The summed E-state index contributed by atoms with van der Waals surface area (Å²) in [7, 11) is 4.09. The van der Waals surface area contributed by atoms with Gasteiger partial charge in [0.25, 0.3) is 0 Å². The quantitative estimate of drug-likeness (QED) is 0.510. The number of nitrogens with one attached hydrogen (secondary N) is 1. The smallest absolute Gasteiger partial charge is 0.313 e. The van der Waals surface area contributed by atoms with Gasteiger partial charge in [-0.15, -0.1) is 11.3 Å². The van der Waals surface area contributed by atoms with Crippen LogP contribution in [0.5, 0.6) is 0 Å². The number of carbonyl (C=O) groups is 2. The summed E-state index contributed by atoms with van der Waals surface area (Å²) in [6.45, 7) is 6.76. The maximum Gasteiger partial charge on any atom is 0.313 e. The summed E-state index contributed by atoms with van der Waals surface area (Å²) in [5, 5.41) is 3.79. The number of benzene rings is 1. The Labute approximate surface area is 210 Å². The van der Waals surface area contributed by atoms with Crippen molar-refractivity contribution in [1.29, 1.82) is 0 Å². The molecule has 4 rings (SSSR count). The van der Waals surface area contributed by atoms with E-state index in [0.29, 0.717) is 30.4 Å². The Bertz CT molecular complexity index is 1240. The fourth-order valence-corrected chi connectivity index (χ4v) is 5.58. The molecule has 3 atom stereocenters. The number of aryl methyl sites for hydroxylation is 1. The molecule has 2 amide bonds. The van der Waals surface area contributed by atoms with Crippen LogP contribution in [-0.4, -0.2) is 52.2 Å². The van der Waals surface area contributed by atoms with Gasteiger partial charge < -0.3 is 20.9 Å². The van der Waals surface area contributed by atoms with Crippen LogP contribution < -0.4 is 11.1 Å². The van der Waals surface area contributed by atoms with Crippen molar-refractivity contribution < 1.29 is 9.59 Å². The lowest BCUT2D eigenvalue weighted by Gasteiger charge is -2.38. The number of fused-ring (bicyclic) bond motifs is 1. The normalized spacial score (nSPS) is 19.2. The molecule has 1 fully saturated rings. The van der Waals surface area contributed by atoms with Gasteiger partial charge in [0.05, 0.1) is 34.2 Å². The highest BCUT2D eigenvalue weighted by atomic mass is 32.1. The SMILES string of the molecule is CCc1cc(NC(=O)C(=O)N2C[C@@H](C)CC[C@@H]2c2ccc3sc(C(C)N(C)C)nc3c2)cnc1N. The zero-order chi connectivity index (χ0) is 25.3. The van der Waals surface area contributed by atoms with Gasteiger partial charge in [-0.05, 0) is 75.5 Å². The number of thiazole rings is 1. The average Bonchev–Trinajstić information content (AvgIpc) is 3.27. The maximum atomic E-state index is 13.3. The topological polar surface area (TPSA) is 104 Å². The summed E-state index contributed by atoms with van der Waals surface area (Å²) in [6.07, 6.45) is 3.98. The first-order valence-electron chi connectivity index (χ1n) is 12.1. The number of nitrogens with two attached hydrogens (primary N) is 1. The van der Waals surface area contributed by atoms with Crippen LogP contribution in [0.2, 0.25) is 0 Å². The molecule has 1 saturated heterocycles. The minimum atomic E-state index is -0.658. The Kier molecular flexibility index (Phi) is 7.37. The van der Waals surface area contributed by atoms with Gasteiger partial charge in [-0.2, -0.15) is 0 Å². The zero-order valence-corrected chi connectivity index (χ0v) is 21.9. The van der Waals surface area contributed by atoms with E-state index in [1.54, 1.807) is 22.3 Å². The number of likely N-dealkylation sites (tertiary alicyclic amines) is 1. The van der Waals surface area contributed by atoms with Gasteiger partial charge in [-0.3, -0.25) is 9.59 Å². The van der Waals surface area contributed by atoms with E-state index in [4.69, 9.17) is 10.7 Å². The van der Waals surface area contributed by atoms with Crippen LogP contribution >= 0.6 is 11.3 Å². The van der Waals surface area contributed by atoms with Crippen molar-refractivity contribution in [2.75, 3.05) is 31.7 Å². The van der Waals surface area contributed by atoms with Crippen LogP contribution in [0.25, 0.3) is 10.2 Å². The molecule has 3 heterocycles. The van der Waals surface area contributed by atoms with Crippen molar-refractivity contribution in [3.63, 3.8) is 0 Å². The second-order valence-electron chi connectivity index (χ2n) is 9.65. The molecule has 1 aliphatic heterocycles. The number of carbonyl (C=O) groups excluding carboxylic acids is 2. The lowest BCUT2D eigenvalue weighted by atomic mass is 9.89. The van der Waals surface area contributed by atoms with Crippen molar-refractivity contribution in [2.45, 2.75) is 52.1 Å². The Morgan fingerprint density at radius 2 is 2.06 bits per heavy atom. The summed E-state index contributed by atoms with van der Waals surface area (Å²) in [4.78, 5) is 39.1. The molecular formula is C26H34N6O2S. The minimum absolute atomic E-state index is 0.166. The van der Waals surface area contributed by atoms with Crippen LogP contribution in [-0.2, 0) is 16.0 Å². The predicted molar refractivity (Wildman–Crippen MR) is 141 cm³/mol. The molecule has 0 bridgehead atoms. The van der Waals surface area contributed by atoms with E-state index in [-0.39, 0.29) is 12.1 Å². The van der Waals surface area contributed by atoms with Crippen LogP contribution in [0.15, 0.2) is 30.5 Å². The fraction of sp³-hybridized carbons (Fsp3) is 0.462. The fourth-order valence-electron chi connectivity index (χ4n) is 4.48. The number of nitrogen functional groups attached to an aromatic ring is 1. The summed E-state index contributed by atoms with van der Waals surface area (Å²) in [5.74, 6) is -0.433. The Hall–Kier alpha value is -3.04. The Morgan fingerprint density at radius 1 is 1.29 bits per heavy atom. The Balaban J connectivity index is 1.58. The summed E-state index contributed by atoms with van der Waals surface area (Å²) in [5.41, 5.74) is 9.13. The number of piperidine rings is 1. The first kappa shape index (κ1) is 25.1. The molecule has 1 unspecified atom stereocenters. The van der Waals surface area contributed by atoms with E-state index in [9.17, 15) is 9.59 Å². The number of amides is 2. The number of nitrogens with zero attached hydrogens (tertiary/aromatic N) is 4. The van der Waals surface area contributed by atoms with E-state index in [1.807, 2.05) is 21.0 Å². The monoisotopic (exact) mass is 494 g/mol. The molecule has 3 aromatic rings. The van der Waals surface area contributed by atoms with E-state index >= 15 is 0 Å². The molecule has 186 valence electrons. The van der Waals surface area contributed by atoms with Crippen LogP contribution in [0.4, 0.5) is 11.5 Å². The molecular weight excluding hydrogens is 460 g/mol. The molecule has 1 aromatic carbocycles. The molecule has 0 aliphatic carbocycles. The van der Waals surface area contributed by atoms with Gasteiger partial charge in [-0.1, -0.05) is 19.9 Å². The number of rotatable bonds is 5. The molecule has 8 nitrogen and oxygen atoms in total. The number of hydrogen-bond donors (Lipinski definition) is 2. The highest BCUT2D eigenvalue weighted by Gasteiger charge is 2.34. The van der Waals surface area contributed by atoms with Crippen molar-refractivity contribution >= 4 is 44.9 Å². The number of pyridine rings is 1.